The summed E-state index contributed by atoms with van der Waals surface area (Å²) < 4.78 is 6.90. The lowest BCUT2D eigenvalue weighted by atomic mass is 9.82. The second kappa shape index (κ2) is 9.86. The fourth-order valence-corrected chi connectivity index (χ4v) is 4.22. The Hall–Kier alpha value is -2.34. The number of anilines is 1. The smallest absolute Gasteiger partial charge is 0.343 e. The number of carbonyl (C=O) groups is 2. The number of amides is 1. The molecule has 0 aliphatic heterocycles. The molecular formula is C24H32ClN3O3. The lowest BCUT2D eigenvalue weighted by Gasteiger charge is -2.32. The highest BCUT2D eigenvalue weighted by Gasteiger charge is 2.34. The highest BCUT2D eigenvalue weighted by molar-refractivity contribution is 6.31. The molecule has 0 saturated heterocycles. The van der Waals surface area contributed by atoms with Gasteiger partial charge in [-0.1, -0.05) is 18.5 Å². The summed E-state index contributed by atoms with van der Waals surface area (Å²) >= 11 is 6.17. The van der Waals surface area contributed by atoms with E-state index in [0.29, 0.717) is 22.3 Å². The number of carbonyl (C=O) groups excluding carboxylic acids is 2. The van der Waals surface area contributed by atoms with Crippen LogP contribution >= 0.6 is 11.6 Å². The van der Waals surface area contributed by atoms with E-state index in [1.54, 1.807) is 28.8 Å². The van der Waals surface area contributed by atoms with Crippen LogP contribution in [0.25, 0.3) is 5.69 Å². The van der Waals surface area contributed by atoms with Gasteiger partial charge in [-0.05, 0) is 83.1 Å². The number of aromatic nitrogens is 2. The van der Waals surface area contributed by atoms with Gasteiger partial charge in [0.2, 0.25) is 5.91 Å². The number of ether oxygens (including phenoxy) is 1. The van der Waals surface area contributed by atoms with Crippen molar-refractivity contribution >= 4 is 29.3 Å². The van der Waals surface area contributed by atoms with Gasteiger partial charge in [-0.15, -0.1) is 5.10 Å². The predicted octanol–water partition coefficient (Wildman–Crippen LogP) is 5.58. The summed E-state index contributed by atoms with van der Waals surface area (Å²) in [5.41, 5.74) is 1.96. The molecule has 1 aromatic heterocycles. The van der Waals surface area contributed by atoms with Gasteiger partial charge in [0, 0.05) is 23.2 Å². The molecule has 0 bridgehead atoms. The average Bonchev–Trinajstić information content (AvgIpc) is 3.15. The van der Waals surface area contributed by atoms with Gasteiger partial charge < -0.3 is 4.74 Å². The van der Waals surface area contributed by atoms with Crippen LogP contribution in [0.3, 0.4) is 0 Å². The van der Waals surface area contributed by atoms with Crippen molar-refractivity contribution in [1.82, 2.24) is 9.78 Å². The molecule has 1 aromatic carbocycles. The highest BCUT2D eigenvalue weighted by Crippen LogP contribution is 2.33. The first-order chi connectivity index (χ1) is 14.7. The Morgan fingerprint density at radius 3 is 2.52 bits per heavy atom. The lowest BCUT2D eigenvalue weighted by Crippen LogP contribution is -2.43. The van der Waals surface area contributed by atoms with Crippen molar-refractivity contribution in [3.05, 3.63) is 40.5 Å². The molecule has 1 amide bonds. The number of aryl methyl sites for hydroxylation is 1. The van der Waals surface area contributed by atoms with Crippen LogP contribution in [0, 0.1) is 18.8 Å². The second-order valence-electron chi connectivity index (χ2n) is 8.72. The maximum absolute atomic E-state index is 13.5. The van der Waals surface area contributed by atoms with Gasteiger partial charge in [-0.25, -0.2) is 9.48 Å². The minimum atomic E-state index is -0.481. The van der Waals surface area contributed by atoms with Gasteiger partial charge in [0.1, 0.15) is 5.56 Å². The highest BCUT2D eigenvalue weighted by atomic mass is 35.5. The van der Waals surface area contributed by atoms with Crippen LogP contribution in [0.1, 0.15) is 69.3 Å². The summed E-state index contributed by atoms with van der Waals surface area (Å²) in [7, 11) is 0. The first kappa shape index (κ1) is 23.3. The molecule has 1 heterocycles. The van der Waals surface area contributed by atoms with Crippen molar-refractivity contribution in [2.45, 2.75) is 66.3 Å². The zero-order valence-electron chi connectivity index (χ0n) is 19.0. The van der Waals surface area contributed by atoms with Gasteiger partial charge in [-0.3, -0.25) is 9.69 Å². The second-order valence-corrected chi connectivity index (χ2v) is 9.13. The Balaban J connectivity index is 2.04. The molecule has 3 rings (SSSR count). The quantitative estimate of drug-likeness (QED) is 0.544. The van der Waals surface area contributed by atoms with Crippen LogP contribution in [-0.2, 0) is 9.53 Å². The van der Waals surface area contributed by atoms with E-state index in [2.05, 4.69) is 12.0 Å². The van der Waals surface area contributed by atoms with E-state index < -0.39 is 5.97 Å². The van der Waals surface area contributed by atoms with Crippen molar-refractivity contribution in [3.8, 4) is 5.69 Å². The number of halogens is 1. The van der Waals surface area contributed by atoms with Crippen LogP contribution in [0.15, 0.2) is 24.4 Å². The Morgan fingerprint density at radius 2 is 1.94 bits per heavy atom. The van der Waals surface area contributed by atoms with Crippen LogP contribution < -0.4 is 4.90 Å². The molecule has 1 fully saturated rings. The minimum absolute atomic E-state index is 0.0324. The van der Waals surface area contributed by atoms with E-state index in [0.717, 1.165) is 36.9 Å². The fraction of sp³-hybridized carbons (Fsp3) is 0.542. The van der Waals surface area contributed by atoms with Crippen molar-refractivity contribution in [2.24, 2.45) is 11.8 Å². The van der Waals surface area contributed by atoms with Gasteiger partial charge in [-0.2, -0.15) is 0 Å². The van der Waals surface area contributed by atoms with E-state index in [1.165, 1.54) is 0 Å². The maximum atomic E-state index is 13.5. The molecule has 1 aliphatic rings. The third-order valence-electron chi connectivity index (χ3n) is 5.94. The molecule has 0 N–H and O–H groups in total. The molecule has 2 aromatic rings. The number of hydrogen-bond acceptors (Lipinski definition) is 4. The molecule has 0 radical (unpaired) electrons. The molecule has 1 saturated carbocycles. The molecule has 0 atom stereocenters. The number of benzene rings is 1. The Bertz CT molecular complexity index is 946. The zero-order chi connectivity index (χ0) is 22.7. The van der Waals surface area contributed by atoms with Crippen molar-refractivity contribution < 1.29 is 14.3 Å². The van der Waals surface area contributed by atoms with E-state index in [4.69, 9.17) is 16.3 Å². The molecule has 0 unspecified atom stereocenters. The molecule has 7 heteroatoms. The van der Waals surface area contributed by atoms with Gasteiger partial charge in [0.05, 0.1) is 12.3 Å². The summed E-state index contributed by atoms with van der Waals surface area (Å²) in [4.78, 5) is 28.0. The largest absolute Gasteiger partial charge is 0.462 e. The molecule has 0 spiro atoms. The van der Waals surface area contributed by atoms with Crippen molar-refractivity contribution in [3.63, 3.8) is 0 Å². The van der Waals surface area contributed by atoms with E-state index in [9.17, 15) is 9.59 Å². The van der Waals surface area contributed by atoms with Crippen LogP contribution in [-0.4, -0.2) is 34.3 Å². The summed E-state index contributed by atoms with van der Waals surface area (Å²) in [6, 6.07) is 5.39. The first-order valence-corrected chi connectivity index (χ1v) is 11.5. The van der Waals surface area contributed by atoms with Crippen LogP contribution in [0.2, 0.25) is 5.02 Å². The summed E-state index contributed by atoms with van der Waals surface area (Å²) in [6.07, 6.45) is 5.48. The third kappa shape index (κ3) is 5.12. The summed E-state index contributed by atoms with van der Waals surface area (Å²) in [5, 5.41) is 5.34. The number of rotatable bonds is 6. The lowest BCUT2D eigenvalue weighted by molar-refractivity contribution is -0.123. The summed E-state index contributed by atoms with van der Waals surface area (Å²) in [6.45, 7) is 10.1. The molecule has 168 valence electrons. The normalized spacial score (nSPS) is 18.8. The van der Waals surface area contributed by atoms with Crippen LogP contribution in [0.4, 0.5) is 5.82 Å². The van der Waals surface area contributed by atoms with Gasteiger partial charge >= 0.3 is 5.97 Å². The monoisotopic (exact) mass is 445 g/mol. The standard InChI is InChI=1S/C24H32ClN3O3/c1-6-31-24(30)20-14-27(19-11-12-21(25)17(5)13-19)26-22(20)28(15(2)3)23(29)18-9-7-16(4)8-10-18/h11-16,18H,6-10H2,1-5H3. The molecular weight excluding hydrogens is 414 g/mol. The number of nitrogens with zero attached hydrogens (tertiary/aromatic N) is 3. The van der Waals surface area contributed by atoms with Gasteiger partial charge in [0.15, 0.2) is 5.82 Å². The third-order valence-corrected chi connectivity index (χ3v) is 6.37. The fourth-order valence-electron chi connectivity index (χ4n) is 4.11. The Morgan fingerprint density at radius 1 is 1.26 bits per heavy atom. The van der Waals surface area contributed by atoms with Crippen molar-refractivity contribution in [2.75, 3.05) is 11.5 Å². The first-order valence-electron chi connectivity index (χ1n) is 11.1. The Kier molecular flexibility index (Phi) is 7.42. The Labute approximate surface area is 189 Å². The molecule has 31 heavy (non-hydrogen) atoms. The predicted molar refractivity (Wildman–Crippen MR) is 123 cm³/mol. The topological polar surface area (TPSA) is 64.4 Å². The zero-order valence-corrected chi connectivity index (χ0v) is 19.8. The number of esters is 1. The maximum Gasteiger partial charge on any atom is 0.343 e. The van der Waals surface area contributed by atoms with E-state index in [-0.39, 0.29) is 24.5 Å². The number of hydrogen-bond donors (Lipinski definition) is 0. The van der Waals surface area contributed by atoms with Crippen LogP contribution in [0.5, 0.6) is 0 Å². The van der Waals surface area contributed by atoms with E-state index in [1.807, 2.05) is 32.9 Å². The molecule has 1 aliphatic carbocycles. The van der Waals surface area contributed by atoms with E-state index >= 15 is 0 Å². The molecule has 6 nitrogen and oxygen atoms in total. The SMILES string of the molecule is CCOC(=O)c1cn(-c2ccc(Cl)c(C)c2)nc1N(C(=O)C1CCC(C)CC1)C(C)C. The van der Waals surface area contributed by atoms with Crippen molar-refractivity contribution in [1.29, 1.82) is 0 Å². The van der Waals surface area contributed by atoms with Gasteiger partial charge in [0.25, 0.3) is 0 Å². The summed E-state index contributed by atoms with van der Waals surface area (Å²) in [5.74, 6) is 0.510. The average molecular weight is 446 g/mol. The minimum Gasteiger partial charge on any atom is -0.462 e.